The summed E-state index contributed by atoms with van der Waals surface area (Å²) in [6, 6.07) is 0. The van der Waals surface area contributed by atoms with Gasteiger partial charge in [0.2, 0.25) is 5.88 Å². The molecule has 0 aliphatic rings. The van der Waals surface area contributed by atoms with Crippen molar-refractivity contribution < 1.29 is 5.11 Å². The van der Waals surface area contributed by atoms with E-state index in [0.717, 1.165) is 25.7 Å². The zero-order valence-corrected chi connectivity index (χ0v) is 9.75. The summed E-state index contributed by atoms with van der Waals surface area (Å²) >= 11 is 0. The zero-order chi connectivity index (χ0) is 12.1. The number of hydrogen-bond acceptors (Lipinski definition) is 3. The van der Waals surface area contributed by atoms with Crippen molar-refractivity contribution in [2.75, 3.05) is 0 Å². The van der Waals surface area contributed by atoms with Crippen LogP contribution in [0.3, 0.4) is 0 Å². The Morgan fingerprint density at radius 3 is 2.56 bits per heavy atom. The normalized spacial score (nSPS) is 10.6. The van der Waals surface area contributed by atoms with Crippen LogP contribution in [0.15, 0.2) is 9.59 Å². The standard InChI is InChI=1S/C11H18N2O3/c1-3-4-5-6-7-13-10(15)8(2)9(14)12-11(13)16/h15H,3-7H2,1-2H3,(H,12,14,16). The van der Waals surface area contributed by atoms with Gasteiger partial charge >= 0.3 is 5.69 Å². The highest BCUT2D eigenvalue weighted by Gasteiger charge is 2.09. The molecule has 0 radical (unpaired) electrons. The molecule has 0 aromatic carbocycles. The molecule has 5 heteroatoms. The van der Waals surface area contributed by atoms with Gasteiger partial charge in [0.15, 0.2) is 0 Å². The van der Waals surface area contributed by atoms with Crippen LogP contribution >= 0.6 is 0 Å². The molecular formula is C11H18N2O3. The maximum Gasteiger partial charge on any atom is 0.331 e. The number of nitrogens with zero attached hydrogens (tertiary/aromatic N) is 1. The molecular weight excluding hydrogens is 208 g/mol. The topological polar surface area (TPSA) is 75.1 Å². The quantitative estimate of drug-likeness (QED) is 0.739. The molecule has 5 nitrogen and oxygen atoms in total. The number of aromatic nitrogens is 2. The van der Waals surface area contributed by atoms with Crippen molar-refractivity contribution >= 4 is 0 Å². The third-order valence-electron chi connectivity index (χ3n) is 2.63. The minimum absolute atomic E-state index is 0.190. The summed E-state index contributed by atoms with van der Waals surface area (Å²) in [6.45, 7) is 4.05. The van der Waals surface area contributed by atoms with E-state index in [1.165, 1.54) is 11.5 Å². The molecule has 16 heavy (non-hydrogen) atoms. The molecule has 0 unspecified atom stereocenters. The summed E-state index contributed by atoms with van der Waals surface area (Å²) in [5.41, 5.74) is -0.869. The van der Waals surface area contributed by atoms with Crippen LogP contribution in [0.25, 0.3) is 0 Å². The summed E-state index contributed by atoms with van der Waals surface area (Å²) in [7, 11) is 0. The number of hydrogen-bond donors (Lipinski definition) is 2. The molecule has 2 N–H and O–H groups in total. The third-order valence-corrected chi connectivity index (χ3v) is 2.63. The molecule has 0 spiro atoms. The van der Waals surface area contributed by atoms with Gasteiger partial charge in [-0.05, 0) is 13.3 Å². The van der Waals surface area contributed by atoms with E-state index in [0.29, 0.717) is 6.54 Å². The largest absolute Gasteiger partial charge is 0.494 e. The Balaban J connectivity index is 2.84. The summed E-state index contributed by atoms with van der Waals surface area (Å²) < 4.78 is 1.21. The summed E-state index contributed by atoms with van der Waals surface area (Å²) in [5, 5.41) is 9.66. The average molecular weight is 226 g/mol. The van der Waals surface area contributed by atoms with Crippen LogP contribution in [-0.4, -0.2) is 14.7 Å². The number of rotatable bonds is 5. The third kappa shape index (κ3) is 2.74. The van der Waals surface area contributed by atoms with Gasteiger partial charge in [0.05, 0.1) is 5.56 Å². The van der Waals surface area contributed by atoms with Gasteiger partial charge in [-0.2, -0.15) is 0 Å². The lowest BCUT2D eigenvalue weighted by Crippen LogP contribution is -2.31. The first-order valence-electron chi connectivity index (χ1n) is 5.60. The molecule has 0 saturated carbocycles. The van der Waals surface area contributed by atoms with E-state index in [4.69, 9.17) is 0 Å². The number of H-pyrrole nitrogens is 1. The summed E-state index contributed by atoms with van der Waals surface area (Å²) in [6.07, 6.45) is 4.07. The second-order valence-corrected chi connectivity index (χ2v) is 3.92. The van der Waals surface area contributed by atoms with Gasteiger partial charge in [-0.15, -0.1) is 0 Å². The Morgan fingerprint density at radius 1 is 1.25 bits per heavy atom. The molecule has 0 saturated heterocycles. The van der Waals surface area contributed by atoms with Gasteiger partial charge in [0, 0.05) is 6.54 Å². The Bertz CT molecular complexity index is 459. The van der Waals surface area contributed by atoms with E-state index in [-0.39, 0.29) is 11.4 Å². The predicted molar refractivity (Wildman–Crippen MR) is 61.9 cm³/mol. The van der Waals surface area contributed by atoms with Gasteiger partial charge in [0.25, 0.3) is 5.56 Å². The van der Waals surface area contributed by atoms with E-state index < -0.39 is 11.2 Å². The second-order valence-electron chi connectivity index (χ2n) is 3.92. The number of unbranched alkanes of at least 4 members (excludes halogenated alkanes) is 3. The smallest absolute Gasteiger partial charge is 0.331 e. The van der Waals surface area contributed by atoms with Crippen molar-refractivity contribution in [2.24, 2.45) is 0 Å². The minimum atomic E-state index is -0.537. The number of aromatic amines is 1. The fourth-order valence-electron chi connectivity index (χ4n) is 1.56. The van der Waals surface area contributed by atoms with E-state index in [1.807, 2.05) is 0 Å². The average Bonchev–Trinajstić information content (AvgIpc) is 2.25. The molecule has 0 atom stereocenters. The van der Waals surface area contributed by atoms with Crippen LogP contribution in [-0.2, 0) is 6.54 Å². The van der Waals surface area contributed by atoms with Gasteiger partial charge < -0.3 is 5.11 Å². The molecule has 0 bridgehead atoms. The number of nitrogens with one attached hydrogen (secondary N) is 1. The predicted octanol–water partition coefficient (Wildman–Crippen LogP) is 1.13. The fraction of sp³-hybridized carbons (Fsp3) is 0.636. The molecule has 1 heterocycles. The highest BCUT2D eigenvalue weighted by molar-refractivity contribution is 5.20. The Hall–Kier alpha value is -1.52. The van der Waals surface area contributed by atoms with Crippen molar-refractivity contribution in [1.29, 1.82) is 0 Å². The lowest BCUT2D eigenvalue weighted by Gasteiger charge is -2.08. The second kappa shape index (κ2) is 5.53. The molecule has 1 aromatic rings. The first-order valence-corrected chi connectivity index (χ1v) is 5.60. The van der Waals surface area contributed by atoms with E-state index in [1.54, 1.807) is 0 Å². The maximum absolute atomic E-state index is 11.4. The van der Waals surface area contributed by atoms with Crippen LogP contribution in [0, 0.1) is 6.92 Å². The molecule has 0 amide bonds. The van der Waals surface area contributed by atoms with Crippen LogP contribution in [0.1, 0.15) is 38.2 Å². The van der Waals surface area contributed by atoms with Gasteiger partial charge in [0.1, 0.15) is 0 Å². The Kier molecular flexibility index (Phi) is 4.34. The van der Waals surface area contributed by atoms with E-state index in [9.17, 15) is 14.7 Å². The van der Waals surface area contributed by atoms with Crippen LogP contribution < -0.4 is 11.2 Å². The molecule has 0 aliphatic heterocycles. The highest BCUT2D eigenvalue weighted by Crippen LogP contribution is 2.09. The molecule has 1 rings (SSSR count). The van der Waals surface area contributed by atoms with Crippen molar-refractivity contribution in [3.05, 3.63) is 26.4 Å². The maximum atomic E-state index is 11.4. The molecule has 0 aliphatic carbocycles. The van der Waals surface area contributed by atoms with E-state index >= 15 is 0 Å². The van der Waals surface area contributed by atoms with Crippen molar-refractivity contribution in [3.63, 3.8) is 0 Å². The fourth-order valence-corrected chi connectivity index (χ4v) is 1.56. The SMILES string of the molecule is CCCCCCn1c(O)c(C)c(=O)[nH]c1=O. The first-order chi connectivity index (χ1) is 7.57. The lowest BCUT2D eigenvalue weighted by molar-refractivity contribution is 0.388. The Labute approximate surface area is 93.8 Å². The van der Waals surface area contributed by atoms with E-state index in [2.05, 4.69) is 11.9 Å². The highest BCUT2D eigenvalue weighted by atomic mass is 16.3. The van der Waals surface area contributed by atoms with Crippen molar-refractivity contribution in [2.45, 2.75) is 46.1 Å². The number of aromatic hydroxyl groups is 1. The molecule has 0 fully saturated rings. The van der Waals surface area contributed by atoms with Gasteiger partial charge in [-0.25, -0.2) is 4.79 Å². The summed E-state index contributed by atoms with van der Waals surface area (Å²) in [5.74, 6) is -0.217. The van der Waals surface area contributed by atoms with Crippen LogP contribution in [0.5, 0.6) is 5.88 Å². The van der Waals surface area contributed by atoms with Gasteiger partial charge in [-0.3, -0.25) is 14.3 Å². The van der Waals surface area contributed by atoms with Crippen LogP contribution in [0.4, 0.5) is 0 Å². The summed E-state index contributed by atoms with van der Waals surface area (Å²) in [4.78, 5) is 24.8. The molecule has 90 valence electrons. The first kappa shape index (κ1) is 12.5. The monoisotopic (exact) mass is 226 g/mol. The Morgan fingerprint density at radius 2 is 1.94 bits per heavy atom. The lowest BCUT2D eigenvalue weighted by atomic mass is 10.2. The minimum Gasteiger partial charge on any atom is -0.494 e. The molecule has 1 aromatic heterocycles. The van der Waals surface area contributed by atoms with Crippen molar-refractivity contribution in [3.8, 4) is 5.88 Å². The van der Waals surface area contributed by atoms with Gasteiger partial charge in [-0.1, -0.05) is 26.2 Å². The van der Waals surface area contributed by atoms with Crippen LogP contribution in [0.2, 0.25) is 0 Å². The zero-order valence-electron chi connectivity index (χ0n) is 9.75. The van der Waals surface area contributed by atoms with Crippen molar-refractivity contribution in [1.82, 2.24) is 9.55 Å².